The number of ether oxygens (including phenoxy) is 2. The van der Waals surface area contributed by atoms with E-state index in [1.807, 2.05) is 18.2 Å². The molecule has 4 atom stereocenters. The summed E-state index contributed by atoms with van der Waals surface area (Å²) in [5.41, 5.74) is 0.0999. The van der Waals surface area contributed by atoms with Crippen LogP contribution in [0.25, 0.3) is 0 Å². The Morgan fingerprint density at radius 2 is 1.93 bits per heavy atom. The fraction of sp³-hybridized carbons (Fsp3) is 0.545. The lowest BCUT2D eigenvalue weighted by Gasteiger charge is -2.31. The van der Waals surface area contributed by atoms with Crippen molar-refractivity contribution in [2.45, 2.75) is 58.0 Å². The van der Waals surface area contributed by atoms with E-state index in [0.717, 1.165) is 18.4 Å². The van der Waals surface area contributed by atoms with E-state index in [-0.39, 0.29) is 34.4 Å². The van der Waals surface area contributed by atoms with E-state index >= 15 is 0 Å². The van der Waals surface area contributed by atoms with Crippen molar-refractivity contribution in [2.24, 2.45) is 11.3 Å². The van der Waals surface area contributed by atoms with Crippen molar-refractivity contribution in [1.29, 1.82) is 0 Å². The van der Waals surface area contributed by atoms with Crippen LogP contribution >= 0.6 is 0 Å². The zero-order valence-corrected chi connectivity index (χ0v) is 16.7. The number of nitrogens with zero attached hydrogens (tertiary/aromatic N) is 1. The molecule has 0 amide bonds. The third kappa shape index (κ3) is 3.71. The van der Waals surface area contributed by atoms with Gasteiger partial charge in [-0.15, -0.1) is 0 Å². The highest BCUT2D eigenvalue weighted by Gasteiger charge is 2.68. The Morgan fingerprint density at radius 3 is 2.61 bits per heavy atom. The fourth-order valence-corrected chi connectivity index (χ4v) is 4.64. The Labute approximate surface area is 164 Å². The Kier molecular flexibility index (Phi) is 4.79. The van der Waals surface area contributed by atoms with Crippen LogP contribution in [0.15, 0.2) is 52.2 Å². The molecule has 2 unspecified atom stereocenters. The van der Waals surface area contributed by atoms with E-state index in [9.17, 15) is 9.59 Å². The highest BCUT2D eigenvalue weighted by atomic mass is 16.5. The molecule has 2 saturated carbocycles. The average Bonchev–Trinajstić information content (AvgIpc) is 3.28. The summed E-state index contributed by atoms with van der Waals surface area (Å²) in [6.45, 7) is 7.36. The minimum atomic E-state index is -0.366. The summed E-state index contributed by atoms with van der Waals surface area (Å²) >= 11 is 0. The summed E-state index contributed by atoms with van der Waals surface area (Å²) in [5, 5.41) is 0. The first-order valence-corrected chi connectivity index (χ1v) is 9.89. The number of fused-ring (bicyclic) bond motifs is 1. The molecule has 2 aliphatic rings. The summed E-state index contributed by atoms with van der Waals surface area (Å²) in [4.78, 5) is 26.1. The van der Waals surface area contributed by atoms with Crippen molar-refractivity contribution in [3.63, 3.8) is 0 Å². The molecule has 1 aromatic heterocycles. The lowest BCUT2D eigenvalue weighted by atomic mass is 10.0. The van der Waals surface area contributed by atoms with Gasteiger partial charge in [0.15, 0.2) is 0 Å². The Bertz CT molecular complexity index is 943. The normalized spacial score (nSPS) is 28.9. The van der Waals surface area contributed by atoms with Gasteiger partial charge < -0.3 is 9.47 Å². The highest BCUT2D eigenvalue weighted by molar-refractivity contribution is 5.19. The van der Waals surface area contributed by atoms with Gasteiger partial charge in [-0.25, -0.2) is 4.79 Å². The van der Waals surface area contributed by atoms with Crippen molar-refractivity contribution in [1.82, 2.24) is 9.55 Å². The molecule has 28 heavy (non-hydrogen) atoms. The van der Waals surface area contributed by atoms with E-state index in [4.69, 9.17) is 9.47 Å². The van der Waals surface area contributed by atoms with Crippen LogP contribution in [0.4, 0.5) is 0 Å². The van der Waals surface area contributed by atoms with Crippen LogP contribution in [0.2, 0.25) is 0 Å². The second kappa shape index (κ2) is 7.01. The summed E-state index contributed by atoms with van der Waals surface area (Å²) in [7, 11) is 0. The maximum Gasteiger partial charge on any atom is 0.328 e. The van der Waals surface area contributed by atoms with Crippen molar-refractivity contribution >= 4 is 0 Å². The van der Waals surface area contributed by atoms with Gasteiger partial charge in [-0.2, -0.15) is 0 Å². The topological polar surface area (TPSA) is 73.3 Å². The lowest BCUT2D eigenvalue weighted by Crippen LogP contribution is -2.35. The molecule has 1 heterocycles. The lowest BCUT2D eigenvalue weighted by molar-refractivity contribution is -0.104. The molecule has 2 aromatic rings. The minimum Gasteiger partial charge on any atom is -0.376 e. The number of benzene rings is 1. The molecule has 0 aliphatic heterocycles. The first-order valence-electron chi connectivity index (χ1n) is 9.89. The summed E-state index contributed by atoms with van der Waals surface area (Å²) in [6, 6.07) is 11.6. The zero-order chi connectivity index (χ0) is 19.9. The van der Waals surface area contributed by atoms with E-state index in [1.165, 1.54) is 6.07 Å². The van der Waals surface area contributed by atoms with E-state index in [2.05, 4.69) is 37.9 Å². The SMILES string of the molecule is CC(C)(C)O[C@H]1C[C@H](n2ccc(=O)[nH]c2=O)C2CC21COCc1ccccc1. The molecule has 150 valence electrons. The molecule has 0 saturated heterocycles. The third-order valence-corrected chi connectivity index (χ3v) is 5.93. The first kappa shape index (κ1) is 19.2. The van der Waals surface area contributed by atoms with E-state index < -0.39 is 0 Å². The maximum absolute atomic E-state index is 12.3. The predicted molar refractivity (Wildman–Crippen MR) is 106 cm³/mol. The van der Waals surface area contributed by atoms with Crippen LogP contribution < -0.4 is 11.2 Å². The molecule has 2 fully saturated rings. The second-order valence-electron chi connectivity index (χ2n) is 9.06. The molecule has 1 aromatic carbocycles. The standard InChI is InChI=1S/C22H28N2O4/c1-21(2,3)28-18-11-17(24-10-9-19(25)23-20(24)26)16-12-22(16,18)14-27-13-15-7-5-4-6-8-15/h4-10,16-18H,11-14H2,1-3H3,(H,23,25,26)/t16?,17-,18-,22?/m0/s1. The summed E-state index contributed by atoms with van der Waals surface area (Å²) in [5.74, 6) is 0.319. The van der Waals surface area contributed by atoms with Crippen LogP contribution in [0.3, 0.4) is 0 Å². The molecule has 0 radical (unpaired) electrons. The number of nitrogens with one attached hydrogen (secondary N) is 1. The zero-order valence-electron chi connectivity index (χ0n) is 16.7. The Balaban J connectivity index is 1.53. The molecule has 6 nitrogen and oxygen atoms in total. The van der Waals surface area contributed by atoms with Crippen molar-refractivity contribution < 1.29 is 9.47 Å². The first-order chi connectivity index (χ1) is 13.3. The molecule has 0 spiro atoms. The van der Waals surface area contributed by atoms with Crippen LogP contribution in [0.5, 0.6) is 0 Å². The van der Waals surface area contributed by atoms with Crippen LogP contribution in [0, 0.1) is 11.3 Å². The van der Waals surface area contributed by atoms with Gasteiger partial charge in [-0.1, -0.05) is 30.3 Å². The third-order valence-electron chi connectivity index (χ3n) is 5.93. The Morgan fingerprint density at radius 1 is 1.18 bits per heavy atom. The molecule has 4 rings (SSSR count). The molecule has 0 bridgehead atoms. The molecule has 6 heteroatoms. The number of aromatic amines is 1. The van der Waals surface area contributed by atoms with Gasteiger partial charge in [-0.05, 0) is 45.1 Å². The van der Waals surface area contributed by atoms with Gasteiger partial charge in [0.25, 0.3) is 5.56 Å². The van der Waals surface area contributed by atoms with Crippen molar-refractivity contribution in [3.8, 4) is 0 Å². The molecular formula is C22H28N2O4. The smallest absolute Gasteiger partial charge is 0.328 e. The Hall–Kier alpha value is -2.18. The summed E-state index contributed by atoms with van der Waals surface area (Å²) in [6.07, 6.45) is 3.36. The van der Waals surface area contributed by atoms with Gasteiger partial charge in [0.05, 0.1) is 24.9 Å². The number of aromatic nitrogens is 2. The van der Waals surface area contributed by atoms with Crippen molar-refractivity contribution in [2.75, 3.05) is 6.61 Å². The van der Waals surface area contributed by atoms with Crippen molar-refractivity contribution in [3.05, 3.63) is 69.0 Å². The number of H-pyrrole nitrogens is 1. The predicted octanol–water partition coefficient (Wildman–Crippen LogP) is 2.89. The van der Waals surface area contributed by atoms with Gasteiger partial charge in [0, 0.05) is 23.7 Å². The van der Waals surface area contributed by atoms with Gasteiger partial charge in [-0.3, -0.25) is 14.3 Å². The number of rotatable bonds is 6. The number of hydrogen-bond acceptors (Lipinski definition) is 4. The number of hydrogen-bond donors (Lipinski definition) is 1. The van der Waals surface area contributed by atoms with E-state index in [1.54, 1.807) is 10.8 Å². The molecule has 2 aliphatic carbocycles. The highest BCUT2D eigenvalue weighted by Crippen LogP contribution is 2.68. The monoisotopic (exact) mass is 384 g/mol. The summed E-state index contributed by atoms with van der Waals surface area (Å²) < 4.78 is 14.2. The van der Waals surface area contributed by atoms with Gasteiger partial charge in [0.1, 0.15) is 0 Å². The van der Waals surface area contributed by atoms with Crippen LogP contribution in [0.1, 0.15) is 45.2 Å². The maximum atomic E-state index is 12.3. The largest absolute Gasteiger partial charge is 0.376 e. The minimum absolute atomic E-state index is 0.0250. The fourth-order valence-electron chi connectivity index (χ4n) is 4.64. The molecular weight excluding hydrogens is 356 g/mol. The van der Waals surface area contributed by atoms with Gasteiger partial charge in [0.2, 0.25) is 0 Å². The molecule has 1 N–H and O–H groups in total. The second-order valence-corrected chi connectivity index (χ2v) is 9.06. The average molecular weight is 384 g/mol. The quantitative estimate of drug-likeness (QED) is 0.831. The van der Waals surface area contributed by atoms with Gasteiger partial charge >= 0.3 is 5.69 Å². The van der Waals surface area contributed by atoms with Crippen LogP contribution in [-0.2, 0) is 16.1 Å². The van der Waals surface area contributed by atoms with E-state index in [0.29, 0.717) is 19.1 Å². The van der Waals surface area contributed by atoms with Crippen LogP contribution in [-0.4, -0.2) is 27.9 Å².